The molecule has 0 amide bonds. The maximum absolute atomic E-state index is 12.7. The number of anilines is 1. The van der Waals surface area contributed by atoms with Gasteiger partial charge < -0.3 is 10.7 Å². The van der Waals surface area contributed by atoms with E-state index in [1.165, 1.54) is 10.5 Å². The van der Waals surface area contributed by atoms with E-state index in [0.717, 1.165) is 18.4 Å². The van der Waals surface area contributed by atoms with Gasteiger partial charge in [0, 0.05) is 18.3 Å². The molecule has 3 N–H and O–H groups in total. The van der Waals surface area contributed by atoms with Gasteiger partial charge in [0.05, 0.1) is 6.20 Å². The predicted molar refractivity (Wildman–Crippen MR) is 79.9 cm³/mol. The molecule has 1 aromatic heterocycles. The van der Waals surface area contributed by atoms with Gasteiger partial charge in [0.2, 0.25) is 0 Å². The summed E-state index contributed by atoms with van der Waals surface area (Å²) in [6, 6.07) is 7.39. The van der Waals surface area contributed by atoms with Gasteiger partial charge in [-0.2, -0.15) is 4.31 Å². The van der Waals surface area contributed by atoms with Crippen LogP contribution in [-0.4, -0.2) is 28.7 Å². The summed E-state index contributed by atoms with van der Waals surface area (Å²) in [5, 5.41) is 0.149. The Hall–Kier alpha value is -1.86. The van der Waals surface area contributed by atoms with Crippen molar-refractivity contribution < 1.29 is 8.42 Å². The van der Waals surface area contributed by atoms with Gasteiger partial charge in [-0.25, -0.2) is 13.4 Å². The topological polar surface area (TPSA) is 92.1 Å². The Labute approximate surface area is 124 Å². The fourth-order valence-corrected chi connectivity index (χ4v) is 3.94. The van der Waals surface area contributed by atoms with Crippen molar-refractivity contribution in [2.45, 2.75) is 37.4 Å². The van der Waals surface area contributed by atoms with Crippen molar-refractivity contribution in [3.05, 3.63) is 41.9 Å². The third-order valence-corrected chi connectivity index (χ3v) is 5.32. The number of aromatic nitrogens is 2. The zero-order valence-electron chi connectivity index (χ0n) is 11.8. The Morgan fingerprint density at radius 1 is 1.43 bits per heavy atom. The second-order valence-corrected chi connectivity index (χ2v) is 7.22. The minimum Gasteiger partial charge on any atom is -0.399 e. The number of aromatic amines is 1. The van der Waals surface area contributed by atoms with Crippen LogP contribution < -0.4 is 5.73 Å². The summed E-state index contributed by atoms with van der Waals surface area (Å²) in [6.07, 6.45) is 3.17. The van der Waals surface area contributed by atoms with Gasteiger partial charge in [-0.1, -0.05) is 12.1 Å². The molecule has 0 aliphatic heterocycles. The van der Waals surface area contributed by atoms with Crippen LogP contribution in [-0.2, 0) is 16.6 Å². The average Bonchev–Trinajstić information content (AvgIpc) is 3.16. The van der Waals surface area contributed by atoms with Gasteiger partial charge >= 0.3 is 0 Å². The summed E-state index contributed by atoms with van der Waals surface area (Å²) in [5.74, 6) is 0.591. The van der Waals surface area contributed by atoms with Gasteiger partial charge in [-0.05, 0) is 37.5 Å². The highest BCUT2D eigenvalue weighted by molar-refractivity contribution is 7.89. The molecule has 3 rings (SSSR count). The van der Waals surface area contributed by atoms with E-state index in [1.807, 2.05) is 18.2 Å². The lowest BCUT2D eigenvalue weighted by molar-refractivity contribution is 0.397. The molecule has 0 saturated heterocycles. The first-order chi connectivity index (χ1) is 9.96. The van der Waals surface area contributed by atoms with Crippen LogP contribution >= 0.6 is 0 Å². The molecule has 1 saturated carbocycles. The summed E-state index contributed by atoms with van der Waals surface area (Å²) in [6.45, 7) is 2.06. The highest BCUT2D eigenvalue weighted by atomic mass is 32.2. The number of sulfonamides is 1. The van der Waals surface area contributed by atoms with Gasteiger partial charge in [0.1, 0.15) is 5.82 Å². The summed E-state index contributed by atoms with van der Waals surface area (Å²) in [5.41, 5.74) is 7.29. The molecule has 0 unspecified atom stereocenters. The van der Waals surface area contributed by atoms with Crippen molar-refractivity contribution in [2.24, 2.45) is 0 Å². The lowest BCUT2D eigenvalue weighted by Gasteiger charge is -2.21. The molecule has 1 fully saturated rings. The van der Waals surface area contributed by atoms with Crippen LogP contribution in [0.2, 0.25) is 0 Å². The maximum Gasteiger partial charge on any atom is 0.260 e. The molecule has 1 aliphatic rings. The van der Waals surface area contributed by atoms with Crippen LogP contribution in [0.5, 0.6) is 0 Å². The van der Waals surface area contributed by atoms with E-state index in [4.69, 9.17) is 5.73 Å². The molecule has 7 heteroatoms. The van der Waals surface area contributed by atoms with Crippen molar-refractivity contribution in [1.29, 1.82) is 0 Å². The Morgan fingerprint density at radius 3 is 2.76 bits per heavy atom. The van der Waals surface area contributed by atoms with E-state index in [0.29, 0.717) is 18.1 Å². The minimum atomic E-state index is -3.55. The number of nitrogens with zero attached hydrogens (tertiary/aromatic N) is 2. The molecule has 2 aromatic rings. The highest BCUT2D eigenvalue weighted by Crippen LogP contribution is 2.33. The lowest BCUT2D eigenvalue weighted by atomic mass is 10.2. The predicted octanol–water partition coefficient (Wildman–Crippen LogP) is 1.65. The second kappa shape index (κ2) is 5.16. The smallest absolute Gasteiger partial charge is 0.260 e. The molecule has 1 aromatic carbocycles. The normalized spacial score (nSPS) is 15.5. The van der Waals surface area contributed by atoms with Gasteiger partial charge in [-0.15, -0.1) is 0 Å². The summed E-state index contributed by atoms with van der Waals surface area (Å²) in [7, 11) is -3.55. The molecule has 1 heterocycles. The fourth-order valence-electron chi connectivity index (χ4n) is 2.30. The maximum atomic E-state index is 12.7. The zero-order valence-corrected chi connectivity index (χ0v) is 12.6. The van der Waals surface area contributed by atoms with E-state index in [1.54, 1.807) is 13.0 Å². The van der Waals surface area contributed by atoms with Crippen molar-refractivity contribution in [3.63, 3.8) is 0 Å². The number of nitrogens with one attached hydrogen (secondary N) is 1. The number of nitrogens with two attached hydrogens (primary N) is 1. The van der Waals surface area contributed by atoms with Crippen LogP contribution in [0.1, 0.15) is 24.2 Å². The second-order valence-electron chi connectivity index (χ2n) is 5.36. The largest absolute Gasteiger partial charge is 0.399 e. The summed E-state index contributed by atoms with van der Waals surface area (Å²) < 4.78 is 27.0. The van der Waals surface area contributed by atoms with Crippen molar-refractivity contribution in [1.82, 2.24) is 14.3 Å². The van der Waals surface area contributed by atoms with E-state index in [9.17, 15) is 8.42 Å². The number of nitrogen functional groups attached to an aromatic ring is 1. The van der Waals surface area contributed by atoms with E-state index < -0.39 is 10.0 Å². The first-order valence-corrected chi connectivity index (χ1v) is 8.29. The molecular weight excluding hydrogens is 288 g/mol. The number of H-pyrrole nitrogens is 1. The third-order valence-electron chi connectivity index (χ3n) is 3.51. The molecule has 0 spiro atoms. The van der Waals surface area contributed by atoms with Crippen LogP contribution in [0.3, 0.4) is 0 Å². The van der Waals surface area contributed by atoms with Crippen LogP contribution in [0.25, 0.3) is 0 Å². The molecular formula is C14H18N4O2S. The fraction of sp³-hybridized carbons (Fsp3) is 0.357. The molecule has 21 heavy (non-hydrogen) atoms. The highest BCUT2D eigenvalue weighted by Gasteiger charge is 2.38. The monoisotopic (exact) mass is 306 g/mol. The number of hydrogen-bond donors (Lipinski definition) is 2. The van der Waals surface area contributed by atoms with Crippen LogP contribution in [0, 0.1) is 6.92 Å². The first-order valence-electron chi connectivity index (χ1n) is 6.85. The Balaban J connectivity index is 1.91. The van der Waals surface area contributed by atoms with Gasteiger partial charge in [0.25, 0.3) is 10.0 Å². The SMILES string of the molecule is Cc1ncc(S(=O)(=O)N(Cc2cccc(N)c2)C2CC2)[nH]1. The van der Waals surface area contributed by atoms with Crippen molar-refractivity contribution in [2.75, 3.05) is 5.73 Å². The van der Waals surface area contributed by atoms with E-state index in [2.05, 4.69) is 9.97 Å². The summed E-state index contributed by atoms with van der Waals surface area (Å²) >= 11 is 0. The van der Waals surface area contributed by atoms with Crippen LogP contribution in [0.15, 0.2) is 35.5 Å². The molecule has 0 radical (unpaired) electrons. The number of aryl methyl sites for hydroxylation is 1. The van der Waals surface area contributed by atoms with Gasteiger partial charge in [-0.3, -0.25) is 0 Å². The first kappa shape index (κ1) is 14.1. The Morgan fingerprint density at radius 2 is 2.19 bits per heavy atom. The van der Waals surface area contributed by atoms with Crippen LogP contribution in [0.4, 0.5) is 5.69 Å². The zero-order chi connectivity index (χ0) is 15.0. The molecule has 6 nitrogen and oxygen atoms in total. The number of hydrogen-bond acceptors (Lipinski definition) is 4. The number of benzene rings is 1. The lowest BCUT2D eigenvalue weighted by Crippen LogP contribution is -2.33. The Kier molecular flexibility index (Phi) is 3.46. The summed E-state index contributed by atoms with van der Waals surface area (Å²) in [4.78, 5) is 6.80. The number of rotatable bonds is 5. The average molecular weight is 306 g/mol. The standard InChI is InChI=1S/C14H18N4O2S/c1-10-16-8-14(17-10)21(19,20)18(13-5-6-13)9-11-3-2-4-12(15)7-11/h2-4,7-8,13H,5-6,9,15H2,1H3,(H,16,17). The minimum absolute atomic E-state index is 0.0695. The van der Waals surface area contributed by atoms with Crippen molar-refractivity contribution >= 4 is 15.7 Å². The van der Waals surface area contributed by atoms with E-state index in [-0.39, 0.29) is 11.1 Å². The van der Waals surface area contributed by atoms with E-state index >= 15 is 0 Å². The third kappa shape index (κ3) is 2.93. The molecule has 112 valence electrons. The Bertz CT molecular complexity index is 750. The quantitative estimate of drug-likeness (QED) is 0.822. The molecule has 1 aliphatic carbocycles. The van der Waals surface area contributed by atoms with Crippen molar-refractivity contribution in [3.8, 4) is 0 Å². The molecule has 0 atom stereocenters. The van der Waals surface area contributed by atoms with Gasteiger partial charge in [0.15, 0.2) is 5.03 Å². The number of imidazole rings is 1. The molecule has 0 bridgehead atoms.